The van der Waals surface area contributed by atoms with Crippen molar-refractivity contribution in [3.63, 3.8) is 0 Å². The third-order valence-corrected chi connectivity index (χ3v) is 9.84. The molecule has 0 bridgehead atoms. The van der Waals surface area contributed by atoms with Crippen LogP contribution in [0, 0.1) is 17.2 Å². The van der Waals surface area contributed by atoms with Crippen molar-refractivity contribution >= 4 is 32.8 Å². The number of nitriles is 1. The molecular weight excluding hydrogens is 541 g/mol. The van der Waals surface area contributed by atoms with Crippen molar-refractivity contribution in [1.82, 2.24) is 10.3 Å². The second-order valence-corrected chi connectivity index (χ2v) is 13.1. The fourth-order valence-corrected chi connectivity index (χ4v) is 7.34. The number of hydrogen-bond acceptors (Lipinski definition) is 8. The van der Waals surface area contributed by atoms with Crippen LogP contribution in [0.25, 0.3) is 10.4 Å². The van der Waals surface area contributed by atoms with Gasteiger partial charge in [0.25, 0.3) is 0 Å². The Bertz CT molecular complexity index is 1290. The summed E-state index contributed by atoms with van der Waals surface area (Å²) in [4.78, 5) is 19.7. The molecule has 1 amide bonds. The van der Waals surface area contributed by atoms with Crippen molar-refractivity contribution < 1.29 is 31.5 Å². The molecule has 2 aliphatic rings. The van der Waals surface area contributed by atoms with Gasteiger partial charge in [-0.25, -0.2) is 13.4 Å². The fraction of sp³-hybridized carbons (Fsp3) is 0.560. The number of aliphatic hydroxyl groups is 1. The maximum absolute atomic E-state index is 13.4. The molecule has 2 aromatic rings. The predicted octanol–water partition coefficient (Wildman–Crippen LogP) is 3.94. The first-order valence-corrected chi connectivity index (χ1v) is 15.0. The minimum atomic E-state index is -4.89. The van der Waals surface area contributed by atoms with Gasteiger partial charge in [-0.05, 0) is 37.5 Å². The molecule has 2 heterocycles. The molecule has 1 saturated heterocycles. The lowest BCUT2D eigenvalue weighted by atomic mass is 9.76. The number of aromatic nitrogens is 1. The zero-order valence-corrected chi connectivity index (χ0v) is 22.4. The van der Waals surface area contributed by atoms with Gasteiger partial charge in [0.1, 0.15) is 11.0 Å². The van der Waals surface area contributed by atoms with E-state index in [4.69, 9.17) is 5.26 Å². The Morgan fingerprint density at radius 3 is 2.45 bits per heavy atom. The van der Waals surface area contributed by atoms with Crippen LogP contribution in [-0.4, -0.2) is 61.2 Å². The highest BCUT2D eigenvalue weighted by atomic mass is 32.2. The second-order valence-electron chi connectivity index (χ2n) is 9.75. The number of alkyl halides is 3. The lowest BCUT2D eigenvalue weighted by molar-refractivity contribution is -0.206. The largest absolute Gasteiger partial charge is 0.420 e. The summed E-state index contributed by atoms with van der Waals surface area (Å²) in [5, 5.41) is 21.2. The van der Waals surface area contributed by atoms with Gasteiger partial charge in [0, 0.05) is 30.6 Å². The molecule has 206 valence electrons. The number of benzene rings is 1. The summed E-state index contributed by atoms with van der Waals surface area (Å²) >= 11 is 0.756. The van der Waals surface area contributed by atoms with Crippen LogP contribution in [0.15, 0.2) is 24.3 Å². The SMILES string of the molecule is C[C@@H](C#N)NC(=O)[C@@H]1CCCC[C@H]1c1nc(C(O)C(F)(F)F)sc1-c1ccc(N2CCS(=O)(=O)CC2)cc1. The average Bonchev–Trinajstić information content (AvgIpc) is 3.33. The highest BCUT2D eigenvalue weighted by Crippen LogP contribution is 2.46. The van der Waals surface area contributed by atoms with E-state index in [0.717, 1.165) is 29.9 Å². The summed E-state index contributed by atoms with van der Waals surface area (Å²) in [5.41, 5.74) is 1.74. The Morgan fingerprint density at radius 1 is 1.21 bits per heavy atom. The van der Waals surface area contributed by atoms with Gasteiger partial charge in [-0.1, -0.05) is 25.0 Å². The quantitative estimate of drug-likeness (QED) is 0.539. The van der Waals surface area contributed by atoms with E-state index in [9.17, 15) is 31.5 Å². The third-order valence-electron chi connectivity index (χ3n) is 7.06. The highest BCUT2D eigenvalue weighted by Gasteiger charge is 2.43. The monoisotopic (exact) mass is 570 g/mol. The number of carbonyl (C=O) groups excluding carboxylic acids is 1. The third kappa shape index (κ3) is 6.30. The van der Waals surface area contributed by atoms with Crippen molar-refractivity contribution in [3.8, 4) is 16.5 Å². The molecule has 0 spiro atoms. The Morgan fingerprint density at radius 2 is 1.84 bits per heavy atom. The van der Waals surface area contributed by atoms with E-state index in [0.29, 0.717) is 42.1 Å². The smallest absolute Gasteiger partial charge is 0.377 e. The first kappa shape index (κ1) is 28.3. The van der Waals surface area contributed by atoms with Crippen molar-refractivity contribution in [2.75, 3.05) is 29.5 Å². The van der Waals surface area contributed by atoms with E-state index >= 15 is 0 Å². The van der Waals surface area contributed by atoms with Crippen LogP contribution in [-0.2, 0) is 14.6 Å². The van der Waals surface area contributed by atoms with E-state index in [1.807, 2.05) is 11.0 Å². The molecular formula is C25H29F3N4O4S2. The minimum Gasteiger partial charge on any atom is -0.377 e. The number of nitrogens with zero attached hydrogens (tertiary/aromatic N) is 3. The van der Waals surface area contributed by atoms with Gasteiger partial charge in [-0.2, -0.15) is 18.4 Å². The summed E-state index contributed by atoms with van der Waals surface area (Å²) in [7, 11) is -3.05. The Labute approximate surface area is 223 Å². The number of amides is 1. The van der Waals surface area contributed by atoms with Gasteiger partial charge in [0.2, 0.25) is 12.0 Å². The van der Waals surface area contributed by atoms with E-state index in [1.165, 1.54) is 0 Å². The standard InChI is InChI=1S/C25H29F3N4O4S2/c1-15(14-29)30-23(34)19-5-3-2-4-18(19)20-21(37-24(31-20)22(33)25(26,27)28)16-6-8-17(9-7-16)32-10-12-38(35,36)13-11-32/h6-9,15,18-19,22,33H,2-5,10-13H2,1H3,(H,30,34)/t15-,18+,19+,22?/m0/s1. The zero-order valence-electron chi connectivity index (χ0n) is 20.7. The molecule has 4 atom stereocenters. The maximum atomic E-state index is 13.4. The van der Waals surface area contributed by atoms with Gasteiger partial charge in [0.05, 0.1) is 28.1 Å². The van der Waals surface area contributed by atoms with E-state index in [1.54, 1.807) is 31.2 Å². The number of hydrogen-bond donors (Lipinski definition) is 2. The summed E-state index contributed by atoms with van der Waals surface area (Å²) in [6.45, 7) is 2.27. The van der Waals surface area contributed by atoms with Gasteiger partial charge in [-0.15, -0.1) is 11.3 Å². The van der Waals surface area contributed by atoms with Crippen molar-refractivity contribution in [1.29, 1.82) is 5.26 Å². The number of halogens is 3. The number of rotatable bonds is 6. The fourth-order valence-electron chi connectivity index (χ4n) is 4.98. The maximum Gasteiger partial charge on any atom is 0.420 e. The molecule has 1 unspecified atom stereocenters. The number of aliphatic hydroxyl groups excluding tert-OH is 1. The van der Waals surface area contributed by atoms with E-state index in [-0.39, 0.29) is 17.4 Å². The minimum absolute atomic E-state index is 0.0575. The molecule has 1 aliphatic carbocycles. The molecule has 13 heteroatoms. The van der Waals surface area contributed by atoms with Crippen LogP contribution in [0.3, 0.4) is 0 Å². The molecule has 8 nitrogen and oxygen atoms in total. The number of anilines is 1. The van der Waals surface area contributed by atoms with Gasteiger partial charge in [-0.3, -0.25) is 4.79 Å². The highest BCUT2D eigenvalue weighted by molar-refractivity contribution is 7.91. The number of carbonyl (C=O) groups is 1. The summed E-state index contributed by atoms with van der Waals surface area (Å²) in [5.74, 6) is -1.26. The Kier molecular flexibility index (Phi) is 8.34. The Balaban J connectivity index is 1.69. The van der Waals surface area contributed by atoms with Crippen LogP contribution in [0.2, 0.25) is 0 Å². The molecule has 0 radical (unpaired) electrons. The predicted molar refractivity (Wildman–Crippen MR) is 137 cm³/mol. The first-order chi connectivity index (χ1) is 17.9. The molecule has 1 aliphatic heterocycles. The summed E-state index contributed by atoms with van der Waals surface area (Å²) in [6.07, 6.45) is -5.04. The normalized spacial score (nSPS) is 23.3. The number of nitrogens with one attached hydrogen (secondary N) is 1. The molecule has 2 N–H and O–H groups in total. The molecule has 1 saturated carbocycles. The molecule has 38 heavy (non-hydrogen) atoms. The summed E-state index contributed by atoms with van der Waals surface area (Å²) < 4.78 is 63.7. The van der Waals surface area contributed by atoms with Crippen LogP contribution in [0.5, 0.6) is 0 Å². The molecule has 1 aromatic heterocycles. The average molecular weight is 571 g/mol. The molecule has 2 fully saturated rings. The zero-order chi connectivity index (χ0) is 27.7. The number of thiazole rings is 1. The van der Waals surface area contributed by atoms with Crippen molar-refractivity contribution in [3.05, 3.63) is 35.0 Å². The van der Waals surface area contributed by atoms with Gasteiger partial charge >= 0.3 is 6.18 Å². The Hall–Kier alpha value is -2.69. The van der Waals surface area contributed by atoms with Crippen LogP contribution >= 0.6 is 11.3 Å². The van der Waals surface area contributed by atoms with Gasteiger partial charge in [0.15, 0.2) is 9.84 Å². The molecule has 4 rings (SSSR count). The second kappa shape index (κ2) is 11.2. The first-order valence-electron chi connectivity index (χ1n) is 12.4. The summed E-state index contributed by atoms with van der Waals surface area (Å²) in [6, 6.07) is 8.32. The number of sulfone groups is 1. The van der Waals surface area contributed by atoms with Crippen molar-refractivity contribution in [2.45, 2.75) is 56.8 Å². The van der Waals surface area contributed by atoms with Crippen LogP contribution in [0.1, 0.15) is 55.3 Å². The molecule has 1 aromatic carbocycles. The van der Waals surface area contributed by atoms with Crippen LogP contribution < -0.4 is 10.2 Å². The van der Waals surface area contributed by atoms with Crippen LogP contribution in [0.4, 0.5) is 18.9 Å². The van der Waals surface area contributed by atoms with E-state index in [2.05, 4.69) is 10.3 Å². The van der Waals surface area contributed by atoms with E-state index < -0.39 is 45.0 Å². The lowest BCUT2D eigenvalue weighted by Gasteiger charge is -2.31. The topological polar surface area (TPSA) is 123 Å². The lowest BCUT2D eigenvalue weighted by Crippen LogP contribution is -2.40. The van der Waals surface area contributed by atoms with Gasteiger partial charge < -0.3 is 15.3 Å². The van der Waals surface area contributed by atoms with Crippen molar-refractivity contribution in [2.24, 2.45) is 5.92 Å².